The third-order valence-corrected chi connectivity index (χ3v) is 5.83. The molecule has 0 aliphatic carbocycles. The van der Waals surface area contributed by atoms with E-state index in [4.69, 9.17) is 9.47 Å². The van der Waals surface area contributed by atoms with Crippen LogP contribution in [0.15, 0.2) is 16.6 Å². The number of halogens is 1. The fraction of sp³-hybridized carbons (Fsp3) is 0.611. The molecule has 1 aromatic rings. The number of hydrogen-bond acceptors (Lipinski definition) is 6. The zero-order chi connectivity index (χ0) is 19.4. The van der Waals surface area contributed by atoms with Gasteiger partial charge in [0.05, 0.1) is 24.3 Å². The summed E-state index contributed by atoms with van der Waals surface area (Å²) >= 11 is 3.45. The van der Waals surface area contributed by atoms with Gasteiger partial charge in [-0.15, -0.1) is 0 Å². The van der Waals surface area contributed by atoms with Crippen molar-refractivity contribution in [3.63, 3.8) is 0 Å². The van der Waals surface area contributed by atoms with Crippen molar-refractivity contribution in [1.29, 1.82) is 0 Å². The second kappa shape index (κ2) is 8.77. The molecule has 8 nitrogen and oxygen atoms in total. The SMILES string of the molecule is COc1cc(N2CCC(N3CCCCCOC3=O)CC2)c(Br)cc1[N+](=O)[O-]. The Hall–Kier alpha value is -2.03. The highest BCUT2D eigenvalue weighted by atomic mass is 79.9. The number of piperidine rings is 1. The Morgan fingerprint density at radius 3 is 2.63 bits per heavy atom. The molecule has 1 aromatic carbocycles. The number of nitro groups is 1. The predicted molar refractivity (Wildman–Crippen MR) is 104 cm³/mol. The minimum atomic E-state index is -0.451. The maximum absolute atomic E-state index is 12.3. The number of anilines is 1. The molecule has 3 rings (SSSR count). The van der Waals surface area contributed by atoms with Crippen molar-refractivity contribution in [3.8, 4) is 5.75 Å². The smallest absolute Gasteiger partial charge is 0.410 e. The molecule has 0 unspecified atom stereocenters. The molecule has 2 saturated heterocycles. The van der Waals surface area contributed by atoms with Gasteiger partial charge in [0.2, 0.25) is 0 Å². The molecule has 148 valence electrons. The van der Waals surface area contributed by atoms with E-state index < -0.39 is 4.92 Å². The van der Waals surface area contributed by atoms with E-state index in [0.29, 0.717) is 11.1 Å². The summed E-state index contributed by atoms with van der Waals surface area (Å²) in [5, 5.41) is 11.2. The highest BCUT2D eigenvalue weighted by molar-refractivity contribution is 9.10. The van der Waals surface area contributed by atoms with Gasteiger partial charge in [-0.2, -0.15) is 0 Å². The monoisotopic (exact) mass is 441 g/mol. The van der Waals surface area contributed by atoms with E-state index >= 15 is 0 Å². The quantitative estimate of drug-likeness (QED) is 0.519. The van der Waals surface area contributed by atoms with E-state index in [0.717, 1.165) is 57.4 Å². The van der Waals surface area contributed by atoms with E-state index in [1.165, 1.54) is 13.2 Å². The Morgan fingerprint density at radius 1 is 1.22 bits per heavy atom. The summed E-state index contributed by atoms with van der Waals surface area (Å²) in [5.41, 5.74) is 0.803. The number of hydrogen-bond donors (Lipinski definition) is 0. The van der Waals surface area contributed by atoms with Crippen molar-refractivity contribution >= 4 is 33.4 Å². The average molecular weight is 442 g/mol. The standard InChI is InChI=1S/C18H24BrN3O5/c1-26-17-12-15(14(19)11-16(17)22(24)25)20-8-5-13(6-9-20)21-7-3-2-4-10-27-18(21)23/h11-13H,2-10H2,1H3. The van der Waals surface area contributed by atoms with Crippen LogP contribution in [-0.2, 0) is 4.74 Å². The molecule has 1 amide bonds. The summed E-state index contributed by atoms with van der Waals surface area (Å²) in [4.78, 5) is 27.0. The normalized spacial score (nSPS) is 19.3. The zero-order valence-electron chi connectivity index (χ0n) is 15.4. The van der Waals surface area contributed by atoms with Crippen molar-refractivity contribution in [2.45, 2.75) is 38.1 Å². The summed E-state index contributed by atoms with van der Waals surface area (Å²) in [6, 6.07) is 3.36. The van der Waals surface area contributed by atoms with Crippen LogP contribution in [0.4, 0.5) is 16.2 Å². The van der Waals surface area contributed by atoms with Crippen molar-refractivity contribution in [2.75, 3.05) is 38.3 Å². The van der Waals surface area contributed by atoms with Gasteiger partial charge in [0.25, 0.3) is 0 Å². The van der Waals surface area contributed by atoms with Gasteiger partial charge in [0.15, 0.2) is 5.75 Å². The molecular formula is C18H24BrN3O5. The van der Waals surface area contributed by atoms with Crippen LogP contribution >= 0.6 is 15.9 Å². The van der Waals surface area contributed by atoms with Crippen LogP contribution in [0.3, 0.4) is 0 Å². The van der Waals surface area contributed by atoms with Gasteiger partial charge in [0.1, 0.15) is 0 Å². The number of nitrogens with zero attached hydrogens (tertiary/aromatic N) is 3. The first-order valence-electron chi connectivity index (χ1n) is 9.21. The van der Waals surface area contributed by atoms with E-state index in [2.05, 4.69) is 20.8 Å². The average Bonchev–Trinajstić information content (AvgIpc) is 2.65. The predicted octanol–water partition coefficient (Wildman–Crippen LogP) is 3.96. The maximum atomic E-state index is 12.3. The molecule has 0 saturated carbocycles. The van der Waals surface area contributed by atoms with Crippen LogP contribution in [0.5, 0.6) is 5.75 Å². The Bertz CT molecular complexity index is 706. The van der Waals surface area contributed by atoms with Crippen molar-refractivity contribution in [3.05, 3.63) is 26.7 Å². The molecule has 2 heterocycles. The fourth-order valence-electron chi connectivity index (χ4n) is 3.73. The van der Waals surface area contributed by atoms with Gasteiger partial charge < -0.3 is 19.3 Å². The number of benzene rings is 1. The Balaban J connectivity index is 1.70. The summed E-state index contributed by atoms with van der Waals surface area (Å²) in [6.07, 6.45) is 4.50. The second-order valence-corrected chi connectivity index (χ2v) is 7.67. The Kier molecular flexibility index (Phi) is 6.41. The molecule has 2 fully saturated rings. The lowest BCUT2D eigenvalue weighted by atomic mass is 10.0. The molecule has 0 bridgehead atoms. The largest absolute Gasteiger partial charge is 0.490 e. The summed E-state index contributed by atoms with van der Waals surface area (Å²) in [7, 11) is 1.43. The number of carbonyl (C=O) groups is 1. The molecular weight excluding hydrogens is 418 g/mol. The van der Waals surface area contributed by atoms with E-state index in [-0.39, 0.29) is 23.6 Å². The topological polar surface area (TPSA) is 85.2 Å². The number of cyclic esters (lactones) is 1. The zero-order valence-corrected chi connectivity index (χ0v) is 16.9. The number of amides is 1. The molecule has 2 aliphatic rings. The van der Waals surface area contributed by atoms with Crippen LogP contribution in [0.2, 0.25) is 0 Å². The first-order chi connectivity index (χ1) is 13.0. The minimum absolute atomic E-state index is 0.0635. The molecule has 9 heteroatoms. The molecule has 27 heavy (non-hydrogen) atoms. The number of methoxy groups -OCH3 is 1. The molecule has 2 aliphatic heterocycles. The van der Waals surface area contributed by atoms with E-state index in [1.54, 1.807) is 6.07 Å². The van der Waals surface area contributed by atoms with Gasteiger partial charge in [-0.3, -0.25) is 10.1 Å². The van der Waals surface area contributed by atoms with E-state index in [9.17, 15) is 14.9 Å². The minimum Gasteiger partial charge on any atom is -0.490 e. The Morgan fingerprint density at radius 2 is 1.96 bits per heavy atom. The van der Waals surface area contributed by atoms with Crippen molar-refractivity contribution < 1.29 is 19.2 Å². The fourth-order valence-corrected chi connectivity index (χ4v) is 4.31. The molecule has 0 radical (unpaired) electrons. The van der Waals surface area contributed by atoms with Crippen LogP contribution in [0.1, 0.15) is 32.1 Å². The van der Waals surface area contributed by atoms with Gasteiger partial charge in [-0.05, 0) is 48.0 Å². The number of rotatable bonds is 4. The molecule has 0 aromatic heterocycles. The van der Waals surface area contributed by atoms with Gasteiger partial charge in [-0.25, -0.2) is 4.79 Å². The first-order valence-corrected chi connectivity index (χ1v) is 10.0. The lowest BCUT2D eigenvalue weighted by Crippen LogP contribution is -2.48. The summed E-state index contributed by atoms with van der Waals surface area (Å²) in [5.74, 6) is 0.243. The number of carbonyl (C=O) groups excluding carboxylic acids is 1. The van der Waals surface area contributed by atoms with Crippen molar-refractivity contribution in [1.82, 2.24) is 4.90 Å². The van der Waals surface area contributed by atoms with Crippen LogP contribution in [0.25, 0.3) is 0 Å². The lowest BCUT2D eigenvalue weighted by Gasteiger charge is -2.39. The van der Waals surface area contributed by atoms with Crippen LogP contribution in [-0.4, -0.2) is 55.3 Å². The summed E-state index contributed by atoms with van der Waals surface area (Å²) in [6.45, 7) is 2.77. The van der Waals surface area contributed by atoms with Gasteiger partial charge in [0, 0.05) is 42.3 Å². The van der Waals surface area contributed by atoms with Gasteiger partial charge >= 0.3 is 11.8 Å². The highest BCUT2D eigenvalue weighted by Gasteiger charge is 2.30. The first kappa shape index (κ1) is 19.7. The Labute approximate surface area is 166 Å². The summed E-state index contributed by atoms with van der Waals surface area (Å²) < 4.78 is 11.2. The second-order valence-electron chi connectivity index (χ2n) is 6.82. The van der Waals surface area contributed by atoms with Gasteiger partial charge in [-0.1, -0.05) is 0 Å². The van der Waals surface area contributed by atoms with Crippen molar-refractivity contribution in [2.24, 2.45) is 0 Å². The lowest BCUT2D eigenvalue weighted by molar-refractivity contribution is -0.385. The third-order valence-electron chi connectivity index (χ3n) is 5.19. The third kappa shape index (κ3) is 4.45. The number of ether oxygens (including phenoxy) is 2. The molecule has 0 atom stereocenters. The van der Waals surface area contributed by atoms with Crippen LogP contribution < -0.4 is 9.64 Å². The number of nitro benzene ring substituents is 1. The highest BCUT2D eigenvalue weighted by Crippen LogP contribution is 2.39. The maximum Gasteiger partial charge on any atom is 0.410 e. The molecule has 0 N–H and O–H groups in total. The van der Waals surface area contributed by atoms with Crippen LogP contribution in [0, 0.1) is 10.1 Å². The van der Waals surface area contributed by atoms with E-state index in [1.807, 2.05) is 4.90 Å². The molecule has 0 spiro atoms.